The predicted octanol–water partition coefficient (Wildman–Crippen LogP) is 3.66. The van der Waals surface area contributed by atoms with Gasteiger partial charge in [-0.25, -0.2) is 8.89 Å². The Bertz CT molecular complexity index is 1120. The highest BCUT2D eigenvalue weighted by atomic mass is 35.5. The summed E-state index contributed by atoms with van der Waals surface area (Å²) >= 11 is 6.53. The second-order valence-electron chi connectivity index (χ2n) is 7.28. The molecule has 0 radical (unpaired) electrons. The van der Waals surface area contributed by atoms with E-state index in [-0.39, 0.29) is 39.9 Å². The average Bonchev–Trinajstić information content (AvgIpc) is 2.96. The molecule has 0 amide bonds. The number of ketones is 2. The van der Waals surface area contributed by atoms with Gasteiger partial charge in [0.25, 0.3) is 0 Å². The topological polar surface area (TPSA) is 111 Å². The molecular weight excluding hydrogens is 430 g/mol. The Hall–Kier alpha value is -2.39. The van der Waals surface area contributed by atoms with Gasteiger partial charge < -0.3 is 9.84 Å². The van der Waals surface area contributed by atoms with Gasteiger partial charge in [-0.1, -0.05) is 18.0 Å². The van der Waals surface area contributed by atoms with Gasteiger partial charge >= 0.3 is 0 Å². The predicted molar refractivity (Wildman–Crippen MR) is 115 cm³/mol. The van der Waals surface area contributed by atoms with Crippen molar-refractivity contribution in [2.75, 3.05) is 18.6 Å². The fraction of sp³-hybridized carbons (Fsp3) is 0.450. The molecule has 0 aliphatic carbocycles. The van der Waals surface area contributed by atoms with Gasteiger partial charge in [0.05, 0.1) is 27.6 Å². The van der Waals surface area contributed by atoms with Crippen LogP contribution in [0.4, 0.5) is 5.69 Å². The lowest BCUT2D eigenvalue weighted by atomic mass is 10.0. The van der Waals surface area contributed by atoms with Crippen molar-refractivity contribution in [2.24, 2.45) is 4.36 Å². The van der Waals surface area contributed by atoms with Gasteiger partial charge in [0.1, 0.15) is 23.5 Å². The quantitative estimate of drug-likeness (QED) is 0.668. The first-order valence-electron chi connectivity index (χ1n) is 9.56. The maximum absolute atomic E-state index is 13.2. The Morgan fingerprint density at radius 2 is 1.97 bits per heavy atom. The van der Waals surface area contributed by atoms with Crippen molar-refractivity contribution in [1.29, 1.82) is 0 Å². The third kappa shape index (κ3) is 4.37. The summed E-state index contributed by atoms with van der Waals surface area (Å²) < 4.78 is 24.0. The van der Waals surface area contributed by atoms with Crippen molar-refractivity contribution in [3.05, 3.63) is 34.0 Å². The minimum Gasteiger partial charge on any atom is -0.494 e. The molecule has 0 saturated carbocycles. The Balaban J connectivity index is 2.11. The normalized spacial score (nSPS) is 15.6. The lowest BCUT2D eigenvalue weighted by Gasteiger charge is -2.17. The zero-order valence-electron chi connectivity index (χ0n) is 17.1. The number of aromatic hydroxyl groups is 1. The number of carbonyl (C=O) groups excluding carboxylic acids is 2. The van der Waals surface area contributed by atoms with Crippen LogP contribution in [0.25, 0.3) is 0 Å². The minimum absolute atomic E-state index is 0.00534. The van der Waals surface area contributed by atoms with Crippen LogP contribution in [-0.4, -0.2) is 49.3 Å². The molecule has 1 aliphatic rings. The molecule has 30 heavy (non-hydrogen) atoms. The second-order valence-corrected chi connectivity index (χ2v) is 10.2. The molecule has 2 aromatic rings. The van der Waals surface area contributed by atoms with Crippen LogP contribution in [-0.2, 0) is 21.1 Å². The zero-order valence-corrected chi connectivity index (χ0v) is 18.7. The van der Waals surface area contributed by atoms with Crippen molar-refractivity contribution in [2.45, 2.75) is 39.7 Å². The van der Waals surface area contributed by atoms with Crippen LogP contribution in [0.2, 0.25) is 5.02 Å². The number of aromatic nitrogens is 2. The maximum Gasteiger partial charge on any atom is 0.221 e. The maximum atomic E-state index is 13.2. The number of nitrogens with zero attached hydrogens (tertiary/aromatic N) is 3. The summed E-state index contributed by atoms with van der Waals surface area (Å²) in [5.41, 5.74) is 0.472. The van der Waals surface area contributed by atoms with Crippen molar-refractivity contribution in [1.82, 2.24) is 9.78 Å². The number of ether oxygens (including phenoxy) is 1. The highest BCUT2D eigenvalue weighted by Crippen LogP contribution is 2.41. The standard InChI is InChI=1S/C20H24ClN3O5S/c1-12(25)11-24-20(27)16(13(2)22-24)19(26)14-7-8-15(29-3)18(17(14)21)23-30(28)9-5-4-6-10-30/h7-8,27H,4-6,9-11H2,1-3H3. The van der Waals surface area contributed by atoms with Gasteiger partial charge in [-0.2, -0.15) is 9.46 Å². The van der Waals surface area contributed by atoms with Gasteiger partial charge in [-0.05, 0) is 38.8 Å². The summed E-state index contributed by atoms with van der Waals surface area (Å²) in [4.78, 5) is 24.6. The van der Waals surface area contributed by atoms with E-state index in [1.165, 1.54) is 26.2 Å². The van der Waals surface area contributed by atoms with Crippen LogP contribution in [0.5, 0.6) is 11.6 Å². The van der Waals surface area contributed by atoms with Gasteiger partial charge in [0.15, 0.2) is 5.78 Å². The third-order valence-corrected chi connectivity index (χ3v) is 7.68. The molecular formula is C20H24ClN3O5S. The van der Waals surface area contributed by atoms with E-state index in [2.05, 4.69) is 9.46 Å². The number of aryl methyl sites for hydroxylation is 1. The Morgan fingerprint density at radius 3 is 2.57 bits per heavy atom. The molecule has 2 heterocycles. The molecule has 0 spiro atoms. The summed E-state index contributed by atoms with van der Waals surface area (Å²) in [5, 5.41) is 14.5. The van der Waals surface area contributed by atoms with Gasteiger partial charge in [0, 0.05) is 17.1 Å². The van der Waals surface area contributed by atoms with E-state index in [0.717, 1.165) is 23.9 Å². The van der Waals surface area contributed by atoms with E-state index < -0.39 is 21.4 Å². The van der Waals surface area contributed by atoms with Gasteiger partial charge in [-0.3, -0.25) is 9.59 Å². The van der Waals surface area contributed by atoms with Crippen molar-refractivity contribution < 1.29 is 23.6 Å². The molecule has 1 fully saturated rings. The number of methoxy groups -OCH3 is 1. The monoisotopic (exact) mass is 453 g/mol. The first kappa shape index (κ1) is 22.3. The number of rotatable bonds is 6. The Labute approximate surface area is 180 Å². The summed E-state index contributed by atoms with van der Waals surface area (Å²) in [6.07, 6.45) is 2.66. The molecule has 1 aliphatic heterocycles. The summed E-state index contributed by atoms with van der Waals surface area (Å²) in [7, 11) is -1.04. The largest absolute Gasteiger partial charge is 0.494 e. The first-order valence-corrected chi connectivity index (χ1v) is 11.8. The highest BCUT2D eigenvalue weighted by molar-refractivity contribution is 7.93. The number of hydrogen-bond donors (Lipinski definition) is 1. The molecule has 8 nitrogen and oxygen atoms in total. The van der Waals surface area contributed by atoms with E-state index >= 15 is 0 Å². The number of hydrogen-bond acceptors (Lipinski definition) is 7. The molecule has 1 aromatic heterocycles. The third-order valence-electron chi connectivity index (χ3n) is 4.93. The van der Waals surface area contributed by atoms with Crippen LogP contribution in [0, 0.1) is 6.92 Å². The fourth-order valence-corrected chi connectivity index (χ4v) is 6.00. The van der Waals surface area contributed by atoms with E-state index in [0.29, 0.717) is 17.3 Å². The van der Waals surface area contributed by atoms with Crippen molar-refractivity contribution in [3.63, 3.8) is 0 Å². The van der Waals surface area contributed by atoms with Crippen LogP contribution >= 0.6 is 11.6 Å². The van der Waals surface area contributed by atoms with E-state index in [1.54, 1.807) is 6.92 Å². The van der Waals surface area contributed by atoms with Crippen molar-refractivity contribution >= 4 is 38.6 Å². The summed E-state index contributed by atoms with van der Waals surface area (Å²) in [6, 6.07) is 3.01. The highest BCUT2D eigenvalue weighted by Gasteiger charge is 2.27. The molecule has 1 saturated heterocycles. The average molecular weight is 454 g/mol. The molecule has 0 bridgehead atoms. The van der Waals surface area contributed by atoms with E-state index in [1.807, 2.05) is 0 Å². The zero-order chi connectivity index (χ0) is 22.1. The number of halogens is 1. The smallest absolute Gasteiger partial charge is 0.221 e. The number of benzene rings is 1. The first-order chi connectivity index (χ1) is 14.2. The lowest BCUT2D eigenvalue weighted by molar-refractivity contribution is -0.117. The van der Waals surface area contributed by atoms with E-state index in [4.69, 9.17) is 16.3 Å². The SMILES string of the molecule is COc1ccc(C(=O)c2c(C)nn(CC(C)=O)c2O)c(Cl)c1N=S1(=O)CCCCC1. The van der Waals surface area contributed by atoms with Gasteiger partial charge in [-0.15, -0.1) is 0 Å². The van der Waals surface area contributed by atoms with Crippen LogP contribution in [0.15, 0.2) is 16.5 Å². The molecule has 1 aromatic carbocycles. The van der Waals surface area contributed by atoms with E-state index in [9.17, 15) is 18.9 Å². The lowest BCUT2D eigenvalue weighted by Crippen LogP contribution is -2.16. The summed E-state index contributed by atoms with van der Waals surface area (Å²) in [5.74, 6) is 0.0773. The van der Waals surface area contributed by atoms with Gasteiger partial charge in [0.2, 0.25) is 11.7 Å². The molecule has 0 atom stereocenters. The van der Waals surface area contributed by atoms with Crippen LogP contribution in [0.3, 0.4) is 0 Å². The van der Waals surface area contributed by atoms with Crippen molar-refractivity contribution in [3.8, 4) is 11.6 Å². The molecule has 3 rings (SSSR count). The molecule has 0 unspecified atom stereocenters. The number of carbonyl (C=O) groups is 2. The molecule has 10 heteroatoms. The molecule has 162 valence electrons. The van der Waals surface area contributed by atoms with Crippen LogP contribution in [0.1, 0.15) is 47.8 Å². The Morgan fingerprint density at radius 1 is 1.30 bits per heavy atom. The molecule has 1 N–H and O–H groups in total. The fourth-order valence-electron chi connectivity index (χ4n) is 3.45. The van der Waals surface area contributed by atoms with Crippen LogP contribution < -0.4 is 4.74 Å². The Kier molecular flexibility index (Phi) is 6.52. The number of Topliss-reactive ketones (excluding diaryl/α,β-unsaturated/α-hetero) is 1. The minimum atomic E-state index is -2.49. The second kappa shape index (κ2) is 8.77. The summed E-state index contributed by atoms with van der Waals surface area (Å²) in [6.45, 7) is 2.77.